The van der Waals surface area contributed by atoms with Crippen molar-refractivity contribution in [3.05, 3.63) is 57.8 Å². The summed E-state index contributed by atoms with van der Waals surface area (Å²) < 4.78 is 0. The van der Waals surface area contributed by atoms with Crippen LogP contribution in [0.2, 0.25) is 0 Å². The maximum absolute atomic E-state index is 3.52. The Kier molecular flexibility index (Phi) is 6.28. The van der Waals surface area contributed by atoms with E-state index in [4.69, 9.17) is 0 Å². The quantitative estimate of drug-likeness (QED) is 0.756. The maximum Gasteiger partial charge on any atom is 0.00453 e. The summed E-state index contributed by atoms with van der Waals surface area (Å²) in [4.78, 5) is 1.51. The van der Waals surface area contributed by atoms with Crippen LogP contribution in [0.1, 0.15) is 29.3 Å². The van der Waals surface area contributed by atoms with Gasteiger partial charge in [-0.25, -0.2) is 0 Å². The molecule has 0 aliphatic heterocycles. The Morgan fingerprint density at radius 2 is 2.10 bits per heavy atom. The van der Waals surface area contributed by atoms with E-state index in [1.54, 1.807) is 0 Å². The Bertz CT molecular complexity index is 490. The molecular weight excluding hydrogens is 262 g/mol. The zero-order chi connectivity index (χ0) is 14.2. The number of hydrogen-bond donors (Lipinski definition) is 1. The molecule has 0 bridgehead atoms. The van der Waals surface area contributed by atoms with Gasteiger partial charge in [0, 0.05) is 4.88 Å². The van der Waals surface area contributed by atoms with Crippen LogP contribution in [0.25, 0.3) is 0 Å². The maximum atomic E-state index is 3.52. The van der Waals surface area contributed by atoms with E-state index in [1.165, 1.54) is 35.3 Å². The lowest BCUT2D eigenvalue weighted by Crippen LogP contribution is -2.24. The molecule has 0 amide bonds. The van der Waals surface area contributed by atoms with Crippen molar-refractivity contribution < 1.29 is 0 Å². The fourth-order valence-corrected chi connectivity index (χ4v) is 3.32. The number of rotatable bonds is 8. The van der Waals surface area contributed by atoms with Crippen LogP contribution in [0.5, 0.6) is 0 Å². The molecule has 2 aromatic rings. The predicted octanol–water partition coefficient (Wildman–Crippen LogP) is 4.46. The first-order valence-corrected chi connectivity index (χ1v) is 8.44. The van der Waals surface area contributed by atoms with E-state index in [9.17, 15) is 0 Å². The second kappa shape index (κ2) is 8.23. The van der Waals surface area contributed by atoms with Gasteiger partial charge in [-0.05, 0) is 62.2 Å². The lowest BCUT2D eigenvalue weighted by atomic mass is 9.93. The molecule has 0 aliphatic carbocycles. The topological polar surface area (TPSA) is 12.0 Å². The highest BCUT2D eigenvalue weighted by molar-refractivity contribution is 7.09. The number of hydrogen-bond acceptors (Lipinski definition) is 2. The van der Waals surface area contributed by atoms with Crippen LogP contribution in [0.3, 0.4) is 0 Å². The molecule has 0 aliphatic rings. The van der Waals surface area contributed by atoms with Gasteiger partial charge >= 0.3 is 0 Å². The molecule has 0 saturated heterocycles. The lowest BCUT2D eigenvalue weighted by molar-refractivity contribution is 0.450. The van der Waals surface area contributed by atoms with Gasteiger partial charge < -0.3 is 5.32 Å². The first-order valence-electron chi connectivity index (χ1n) is 7.56. The Labute approximate surface area is 127 Å². The number of benzene rings is 1. The van der Waals surface area contributed by atoms with Crippen LogP contribution in [0, 0.1) is 12.8 Å². The fourth-order valence-electron chi connectivity index (χ4n) is 2.60. The third-order valence-corrected chi connectivity index (χ3v) is 4.61. The molecule has 2 heteroatoms. The molecule has 0 radical (unpaired) electrons. The summed E-state index contributed by atoms with van der Waals surface area (Å²) in [6, 6.07) is 13.3. The van der Waals surface area contributed by atoms with Crippen molar-refractivity contribution in [1.29, 1.82) is 0 Å². The smallest absolute Gasteiger partial charge is 0.00453 e. The summed E-state index contributed by atoms with van der Waals surface area (Å²) in [6.07, 6.45) is 3.65. The first kappa shape index (κ1) is 15.3. The van der Waals surface area contributed by atoms with Crippen LogP contribution in [0.4, 0.5) is 0 Å². The van der Waals surface area contributed by atoms with Gasteiger partial charge in [-0.3, -0.25) is 0 Å². The average Bonchev–Trinajstić information content (AvgIpc) is 2.95. The van der Waals surface area contributed by atoms with Gasteiger partial charge in [0.05, 0.1) is 0 Å². The summed E-state index contributed by atoms with van der Waals surface area (Å²) in [5.74, 6) is 0.721. The van der Waals surface area contributed by atoms with E-state index in [-0.39, 0.29) is 0 Å². The molecule has 2 rings (SSSR count). The highest BCUT2D eigenvalue weighted by Crippen LogP contribution is 2.18. The number of aryl methyl sites for hydroxylation is 2. The Morgan fingerprint density at radius 3 is 2.80 bits per heavy atom. The Balaban J connectivity index is 1.92. The lowest BCUT2D eigenvalue weighted by Gasteiger charge is -2.17. The molecule has 1 atom stereocenters. The molecule has 1 aromatic heterocycles. The van der Waals surface area contributed by atoms with Crippen molar-refractivity contribution in [3.63, 3.8) is 0 Å². The second-order valence-electron chi connectivity index (χ2n) is 5.48. The van der Waals surface area contributed by atoms with Gasteiger partial charge in [-0.15, -0.1) is 11.3 Å². The molecule has 1 N–H and O–H groups in total. The minimum absolute atomic E-state index is 0.721. The minimum atomic E-state index is 0.721. The van der Waals surface area contributed by atoms with Crippen molar-refractivity contribution in [3.8, 4) is 0 Å². The summed E-state index contributed by atoms with van der Waals surface area (Å²) in [6.45, 7) is 6.54. The van der Waals surface area contributed by atoms with Crippen LogP contribution in [-0.4, -0.2) is 13.1 Å². The predicted molar refractivity (Wildman–Crippen MR) is 89.6 cm³/mol. The van der Waals surface area contributed by atoms with E-state index in [2.05, 4.69) is 60.9 Å². The minimum Gasteiger partial charge on any atom is -0.317 e. The standard InChI is InChI=1S/C18H25NS/c1-3-19-14-17(9-10-18-8-5-11-20-18)13-16-7-4-6-15(2)12-16/h4-8,11-12,17,19H,3,9-10,13-14H2,1-2H3. The number of nitrogens with one attached hydrogen (secondary N) is 1. The number of thiophene rings is 1. The summed E-state index contributed by atoms with van der Waals surface area (Å²) in [5, 5.41) is 5.69. The van der Waals surface area contributed by atoms with E-state index < -0.39 is 0 Å². The second-order valence-corrected chi connectivity index (χ2v) is 6.52. The molecule has 1 aromatic carbocycles. The van der Waals surface area contributed by atoms with Crippen molar-refractivity contribution in [1.82, 2.24) is 5.32 Å². The molecule has 0 spiro atoms. The zero-order valence-electron chi connectivity index (χ0n) is 12.6. The van der Waals surface area contributed by atoms with Gasteiger partial charge in [0.2, 0.25) is 0 Å². The van der Waals surface area contributed by atoms with Gasteiger partial charge in [0.15, 0.2) is 0 Å². The van der Waals surface area contributed by atoms with E-state index in [0.29, 0.717) is 0 Å². The van der Waals surface area contributed by atoms with Crippen LogP contribution < -0.4 is 5.32 Å². The zero-order valence-corrected chi connectivity index (χ0v) is 13.4. The van der Waals surface area contributed by atoms with Crippen molar-refractivity contribution in [2.75, 3.05) is 13.1 Å². The van der Waals surface area contributed by atoms with E-state index in [0.717, 1.165) is 19.0 Å². The van der Waals surface area contributed by atoms with Crippen LogP contribution in [0.15, 0.2) is 41.8 Å². The molecule has 108 valence electrons. The highest BCUT2D eigenvalue weighted by atomic mass is 32.1. The van der Waals surface area contributed by atoms with Crippen molar-refractivity contribution in [2.24, 2.45) is 5.92 Å². The first-order chi connectivity index (χ1) is 9.78. The average molecular weight is 287 g/mol. The van der Waals surface area contributed by atoms with E-state index in [1.807, 2.05) is 11.3 Å². The van der Waals surface area contributed by atoms with E-state index >= 15 is 0 Å². The van der Waals surface area contributed by atoms with Gasteiger partial charge in [-0.2, -0.15) is 0 Å². The van der Waals surface area contributed by atoms with Crippen LogP contribution in [-0.2, 0) is 12.8 Å². The summed E-state index contributed by atoms with van der Waals surface area (Å²) in [7, 11) is 0. The molecule has 20 heavy (non-hydrogen) atoms. The molecule has 1 heterocycles. The molecule has 1 unspecified atom stereocenters. The van der Waals surface area contributed by atoms with Gasteiger partial charge in [0.25, 0.3) is 0 Å². The molecular formula is C18H25NS. The summed E-state index contributed by atoms with van der Waals surface area (Å²) in [5.41, 5.74) is 2.84. The monoisotopic (exact) mass is 287 g/mol. The van der Waals surface area contributed by atoms with Crippen molar-refractivity contribution in [2.45, 2.75) is 33.1 Å². The van der Waals surface area contributed by atoms with Gasteiger partial charge in [0.1, 0.15) is 0 Å². The Hall–Kier alpha value is -1.12. The van der Waals surface area contributed by atoms with Crippen molar-refractivity contribution >= 4 is 11.3 Å². The normalized spacial score (nSPS) is 12.5. The highest BCUT2D eigenvalue weighted by Gasteiger charge is 2.10. The fraction of sp³-hybridized carbons (Fsp3) is 0.444. The summed E-state index contributed by atoms with van der Waals surface area (Å²) >= 11 is 1.88. The third kappa shape index (κ3) is 5.10. The van der Waals surface area contributed by atoms with Gasteiger partial charge in [-0.1, -0.05) is 42.8 Å². The third-order valence-electron chi connectivity index (χ3n) is 3.67. The molecule has 0 fully saturated rings. The Morgan fingerprint density at radius 1 is 1.20 bits per heavy atom. The SMILES string of the molecule is CCNCC(CCc1cccs1)Cc1cccc(C)c1. The largest absolute Gasteiger partial charge is 0.317 e. The molecule has 1 nitrogen and oxygen atoms in total. The molecule has 0 saturated carbocycles. The van der Waals surface area contributed by atoms with Crippen LogP contribution >= 0.6 is 11.3 Å².